The molecule has 472 valence electrons. The van der Waals surface area contributed by atoms with Gasteiger partial charge >= 0.3 is 5.97 Å². The van der Waals surface area contributed by atoms with Crippen LogP contribution >= 0.6 is 0 Å². The molecule has 0 bridgehead atoms. The molecule has 0 saturated carbocycles. The van der Waals surface area contributed by atoms with Crippen LogP contribution < -0.4 is 5.32 Å². The van der Waals surface area contributed by atoms with Crippen LogP contribution in [0.5, 0.6) is 0 Å². The van der Waals surface area contributed by atoms with E-state index in [1.165, 1.54) is 218 Å². The Hall–Kier alpha value is -2.64. The summed E-state index contributed by atoms with van der Waals surface area (Å²) in [5.74, 6) is -0.200. The van der Waals surface area contributed by atoms with Crippen molar-refractivity contribution in [3.63, 3.8) is 0 Å². The number of carbonyl (C=O) groups is 2. The van der Waals surface area contributed by atoms with Gasteiger partial charge in [-0.15, -0.1) is 0 Å². The highest BCUT2D eigenvalue weighted by atomic mass is 16.7. The lowest BCUT2D eigenvalue weighted by Crippen LogP contribution is -2.60. The Balaban J connectivity index is 1.93. The molecular formula is C70H127NO10. The lowest BCUT2D eigenvalue weighted by Gasteiger charge is -2.40. The number of unbranched alkanes of at least 4 members (excludes halogenated alkanes) is 37. The van der Waals surface area contributed by atoms with Gasteiger partial charge < -0.3 is 45.1 Å². The standard InChI is InChI=1S/C70H127NO10/c1-3-5-7-9-11-13-14-15-35-38-42-46-50-54-58-66(75)79-59-55-51-47-43-39-36-33-31-29-27-25-23-21-19-17-16-18-20-22-24-26-28-30-32-34-37-41-45-49-53-57-65(74)71-62(63(73)56-52-48-44-40-12-10-8-6-4-2)61-80-70-69(78)68(77)67(76)64(60-72)81-70/h9,11-12,14-15,17,19,40,52,56,62-64,67-70,72-73,76-78H,3-8,10,13,16,18,20-39,41-51,53-55,57-61H2,1-2H3,(H,71,74)/b11-9-,15-14-,19-17-,40-12+,56-52+. The summed E-state index contributed by atoms with van der Waals surface area (Å²) in [4.78, 5) is 25.1. The molecule has 6 N–H and O–H groups in total. The van der Waals surface area contributed by atoms with Crippen LogP contribution in [0.4, 0.5) is 0 Å². The number of carbonyl (C=O) groups excluding carboxylic acids is 2. The van der Waals surface area contributed by atoms with Gasteiger partial charge in [0.15, 0.2) is 6.29 Å². The maximum Gasteiger partial charge on any atom is 0.305 e. The molecule has 0 aliphatic carbocycles. The number of nitrogens with one attached hydrogen (secondary N) is 1. The van der Waals surface area contributed by atoms with E-state index in [1.54, 1.807) is 6.08 Å². The van der Waals surface area contributed by atoms with Crippen LogP contribution in [0.2, 0.25) is 0 Å². The van der Waals surface area contributed by atoms with Gasteiger partial charge in [-0.1, -0.05) is 261 Å². The van der Waals surface area contributed by atoms with Crippen molar-refractivity contribution in [2.75, 3.05) is 19.8 Å². The Labute approximate surface area is 497 Å². The first-order valence-electron chi connectivity index (χ1n) is 34.1. The molecule has 1 saturated heterocycles. The molecule has 1 fully saturated rings. The molecule has 0 radical (unpaired) electrons. The number of aliphatic hydroxyl groups is 5. The van der Waals surface area contributed by atoms with E-state index in [0.717, 1.165) is 64.2 Å². The highest BCUT2D eigenvalue weighted by Gasteiger charge is 2.44. The van der Waals surface area contributed by atoms with Crippen molar-refractivity contribution in [1.29, 1.82) is 0 Å². The molecule has 0 aromatic carbocycles. The number of aliphatic hydroxyl groups excluding tert-OH is 5. The van der Waals surface area contributed by atoms with Gasteiger partial charge in [-0.2, -0.15) is 0 Å². The monoisotopic (exact) mass is 1140 g/mol. The summed E-state index contributed by atoms with van der Waals surface area (Å²) in [6, 6.07) is -0.826. The fraction of sp³-hybridized carbons (Fsp3) is 0.829. The van der Waals surface area contributed by atoms with Gasteiger partial charge in [0.1, 0.15) is 24.4 Å². The third kappa shape index (κ3) is 48.3. The average molecular weight is 1140 g/mol. The molecule has 81 heavy (non-hydrogen) atoms. The lowest BCUT2D eigenvalue weighted by molar-refractivity contribution is -0.302. The number of amides is 1. The van der Waals surface area contributed by atoms with Crippen molar-refractivity contribution in [2.45, 2.75) is 352 Å². The molecule has 1 aliphatic heterocycles. The molecule has 0 spiro atoms. The fourth-order valence-corrected chi connectivity index (χ4v) is 10.4. The molecule has 1 aliphatic rings. The predicted octanol–water partition coefficient (Wildman–Crippen LogP) is 17.0. The van der Waals surface area contributed by atoms with Crippen molar-refractivity contribution < 1.29 is 49.3 Å². The molecule has 11 nitrogen and oxygen atoms in total. The molecule has 1 rings (SSSR count). The third-order valence-electron chi connectivity index (χ3n) is 15.8. The molecule has 1 heterocycles. The minimum Gasteiger partial charge on any atom is -0.466 e. The van der Waals surface area contributed by atoms with E-state index in [2.05, 4.69) is 67.8 Å². The second kappa shape index (κ2) is 59.1. The number of rotatable bonds is 59. The smallest absolute Gasteiger partial charge is 0.305 e. The van der Waals surface area contributed by atoms with Crippen molar-refractivity contribution >= 4 is 11.9 Å². The minimum atomic E-state index is -1.58. The van der Waals surface area contributed by atoms with Crippen LogP contribution in [-0.2, 0) is 23.8 Å². The highest BCUT2D eigenvalue weighted by Crippen LogP contribution is 2.23. The molecule has 0 aromatic rings. The van der Waals surface area contributed by atoms with Crippen LogP contribution in [0.25, 0.3) is 0 Å². The van der Waals surface area contributed by atoms with Gasteiger partial charge in [0.25, 0.3) is 0 Å². The summed E-state index contributed by atoms with van der Waals surface area (Å²) >= 11 is 0. The Morgan fingerprint density at radius 2 is 0.852 bits per heavy atom. The van der Waals surface area contributed by atoms with Crippen LogP contribution in [0.1, 0.15) is 309 Å². The quantitative estimate of drug-likeness (QED) is 0.0195. The first-order valence-corrected chi connectivity index (χ1v) is 34.1. The van der Waals surface area contributed by atoms with E-state index in [-0.39, 0.29) is 18.5 Å². The highest BCUT2D eigenvalue weighted by molar-refractivity contribution is 5.76. The van der Waals surface area contributed by atoms with Crippen molar-refractivity contribution in [1.82, 2.24) is 5.32 Å². The minimum absolute atomic E-state index is 0.00660. The van der Waals surface area contributed by atoms with E-state index in [4.69, 9.17) is 14.2 Å². The van der Waals surface area contributed by atoms with Gasteiger partial charge in [-0.3, -0.25) is 9.59 Å². The Kier molecular flexibility index (Phi) is 55.7. The molecule has 11 heteroatoms. The van der Waals surface area contributed by atoms with E-state index in [9.17, 15) is 35.1 Å². The number of allylic oxidation sites excluding steroid dienone is 9. The van der Waals surface area contributed by atoms with Gasteiger partial charge in [0.05, 0.1) is 32.0 Å². The van der Waals surface area contributed by atoms with E-state index < -0.39 is 49.5 Å². The van der Waals surface area contributed by atoms with Gasteiger partial charge in [0.2, 0.25) is 5.91 Å². The fourth-order valence-electron chi connectivity index (χ4n) is 10.4. The SMILES string of the molecule is CCCC/C=C\C/C=C\CCCCCCCC(=O)OCCCCCCCCCCCCCC/C=C\CCCCCCCCCCCCCCCCC(=O)NC(COC1OC(CO)C(O)C(O)C1O)C(O)/C=C/CC/C=C/CCCCC. The van der Waals surface area contributed by atoms with Crippen LogP contribution in [0, 0.1) is 0 Å². The normalized spacial score (nSPS) is 18.6. The molecular weight excluding hydrogens is 1010 g/mol. The predicted molar refractivity (Wildman–Crippen MR) is 338 cm³/mol. The maximum absolute atomic E-state index is 13.0. The summed E-state index contributed by atoms with van der Waals surface area (Å²) in [5, 5.41) is 54.2. The van der Waals surface area contributed by atoms with Crippen molar-refractivity contribution in [3.05, 3.63) is 60.8 Å². The Bertz CT molecular complexity index is 1530. The summed E-state index contributed by atoms with van der Waals surface area (Å²) < 4.78 is 16.7. The van der Waals surface area contributed by atoms with Gasteiger partial charge in [-0.25, -0.2) is 0 Å². The zero-order chi connectivity index (χ0) is 58.7. The zero-order valence-corrected chi connectivity index (χ0v) is 52.2. The van der Waals surface area contributed by atoms with Gasteiger partial charge in [-0.05, 0) is 96.3 Å². The average Bonchev–Trinajstić information content (AvgIpc) is 3.47. The summed E-state index contributed by atoms with van der Waals surface area (Å²) in [6.07, 6.45) is 68.0. The summed E-state index contributed by atoms with van der Waals surface area (Å²) in [5.41, 5.74) is 0. The van der Waals surface area contributed by atoms with Crippen molar-refractivity contribution in [2.24, 2.45) is 0 Å². The number of ether oxygens (including phenoxy) is 3. The number of hydrogen-bond donors (Lipinski definition) is 6. The second-order valence-electron chi connectivity index (χ2n) is 23.5. The second-order valence-corrected chi connectivity index (χ2v) is 23.5. The third-order valence-corrected chi connectivity index (χ3v) is 15.8. The van der Waals surface area contributed by atoms with E-state index in [1.807, 2.05) is 6.08 Å². The molecule has 0 aromatic heterocycles. The Morgan fingerprint density at radius 3 is 1.33 bits per heavy atom. The van der Waals surface area contributed by atoms with Crippen LogP contribution in [0.3, 0.4) is 0 Å². The molecule has 7 unspecified atom stereocenters. The lowest BCUT2D eigenvalue weighted by atomic mass is 9.99. The Morgan fingerprint density at radius 1 is 0.457 bits per heavy atom. The summed E-state index contributed by atoms with van der Waals surface area (Å²) in [7, 11) is 0. The maximum atomic E-state index is 13.0. The van der Waals surface area contributed by atoms with Gasteiger partial charge in [0, 0.05) is 12.8 Å². The largest absolute Gasteiger partial charge is 0.466 e. The number of esters is 1. The molecule has 7 atom stereocenters. The number of hydrogen-bond acceptors (Lipinski definition) is 10. The molecule has 1 amide bonds. The zero-order valence-electron chi connectivity index (χ0n) is 52.2. The first kappa shape index (κ1) is 76.4. The first-order chi connectivity index (χ1) is 39.7. The topological polar surface area (TPSA) is 175 Å². The summed E-state index contributed by atoms with van der Waals surface area (Å²) in [6.45, 7) is 4.24. The van der Waals surface area contributed by atoms with Crippen LogP contribution in [0.15, 0.2) is 60.8 Å². The van der Waals surface area contributed by atoms with E-state index >= 15 is 0 Å². The van der Waals surface area contributed by atoms with Crippen LogP contribution in [-0.4, -0.2) is 100 Å². The van der Waals surface area contributed by atoms with Crippen molar-refractivity contribution in [3.8, 4) is 0 Å². The van der Waals surface area contributed by atoms with E-state index in [0.29, 0.717) is 19.4 Å².